The van der Waals surface area contributed by atoms with Crippen LogP contribution < -0.4 is 4.74 Å². The molecule has 13 heavy (non-hydrogen) atoms. The maximum atomic E-state index is 11.7. The first kappa shape index (κ1) is 9.37. The Balaban J connectivity index is 2.98. The Labute approximate surface area is 71.8 Å². The first-order valence-electron chi connectivity index (χ1n) is 3.23. The first-order valence-corrected chi connectivity index (χ1v) is 3.23. The second kappa shape index (κ2) is 3.79. The summed E-state index contributed by atoms with van der Waals surface area (Å²) in [5.74, 6) is -1.77. The van der Waals surface area contributed by atoms with Gasteiger partial charge in [-0.25, -0.2) is 4.79 Å². The standard InChI is InChI=1S/C7H5F2NO3/c8-7(9)13-5-3-10-2-1-4(5)6(11)12/h1-3,7H,(H,11,12). The number of ether oxygens (including phenoxy) is 1. The highest BCUT2D eigenvalue weighted by Gasteiger charge is 2.14. The molecule has 0 aliphatic heterocycles. The molecular weight excluding hydrogens is 184 g/mol. The van der Waals surface area contributed by atoms with E-state index in [4.69, 9.17) is 5.11 Å². The third-order valence-corrected chi connectivity index (χ3v) is 1.23. The van der Waals surface area contributed by atoms with Crippen LogP contribution in [-0.2, 0) is 0 Å². The van der Waals surface area contributed by atoms with Gasteiger partial charge < -0.3 is 9.84 Å². The third-order valence-electron chi connectivity index (χ3n) is 1.23. The maximum absolute atomic E-state index is 11.7. The molecule has 1 heterocycles. The van der Waals surface area contributed by atoms with Crippen molar-refractivity contribution >= 4 is 5.97 Å². The molecule has 1 aromatic rings. The molecule has 1 aromatic heterocycles. The Kier molecular flexibility index (Phi) is 2.73. The van der Waals surface area contributed by atoms with Crippen LogP contribution in [0.3, 0.4) is 0 Å². The van der Waals surface area contributed by atoms with Crippen molar-refractivity contribution in [1.82, 2.24) is 4.98 Å². The zero-order valence-electron chi connectivity index (χ0n) is 6.28. The van der Waals surface area contributed by atoms with E-state index < -0.39 is 18.3 Å². The van der Waals surface area contributed by atoms with Crippen molar-refractivity contribution in [3.63, 3.8) is 0 Å². The monoisotopic (exact) mass is 189 g/mol. The van der Waals surface area contributed by atoms with Crippen molar-refractivity contribution in [3.8, 4) is 5.75 Å². The predicted octanol–water partition coefficient (Wildman–Crippen LogP) is 1.38. The molecule has 0 aromatic carbocycles. The molecule has 0 aliphatic carbocycles. The summed E-state index contributed by atoms with van der Waals surface area (Å²) >= 11 is 0. The van der Waals surface area contributed by atoms with Crippen LogP contribution in [0.15, 0.2) is 18.5 Å². The number of nitrogens with zero attached hydrogens (tertiary/aromatic N) is 1. The summed E-state index contributed by atoms with van der Waals surface area (Å²) in [5, 5.41) is 8.53. The van der Waals surface area contributed by atoms with Crippen LogP contribution in [0.1, 0.15) is 10.4 Å². The second-order valence-electron chi connectivity index (χ2n) is 2.06. The van der Waals surface area contributed by atoms with Crippen LogP contribution in [0, 0.1) is 0 Å². The van der Waals surface area contributed by atoms with Gasteiger partial charge in [0.2, 0.25) is 0 Å². The molecule has 0 amide bonds. The van der Waals surface area contributed by atoms with Crippen molar-refractivity contribution in [2.45, 2.75) is 6.61 Å². The highest BCUT2D eigenvalue weighted by atomic mass is 19.3. The molecule has 0 fully saturated rings. The smallest absolute Gasteiger partial charge is 0.387 e. The van der Waals surface area contributed by atoms with Crippen molar-refractivity contribution in [3.05, 3.63) is 24.0 Å². The summed E-state index contributed by atoms with van der Waals surface area (Å²) in [6.45, 7) is -3.05. The van der Waals surface area contributed by atoms with Crippen LogP contribution in [0.2, 0.25) is 0 Å². The van der Waals surface area contributed by atoms with Gasteiger partial charge in [-0.1, -0.05) is 0 Å². The van der Waals surface area contributed by atoms with E-state index in [1.165, 1.54) is 6.20 Å². The van der Waals surface area contributed by atoms with Gasteiger partial charge in [0, 0.05) is 6.20 Å². The SMILES string of the molecule is O=C(O)c1ccncc1OC(F)F. The van der Waals surface area contributed by atoms with E-state index in [2.05, 4.69) is 9.72 Å². The van der Waals surface area contributed by atoms with Crippen LogP contribution in [0.5, 0.6) is 5.75 Å². The Hall–Kier alpha value is -1.72. The molecule has 1 rings (SSSR count). The van der Waals surface area contributed by atoms with Gasteiger partial charge in [-0.2, -0.15) is 8.78 Å². The molecule has 4 nitrogen and oxygen atoms in total. The van der Waals surface area contributed by atoms with Crippen molar-refractivity contribution in [2.24, 2.45) is 0 Å². The summed E-state index contributed by atoms with van der Waals surface area (Å²) in [5.41, 5.74) is -0.338. The molecule has 0 radical (unpaired) electrons. The lowest BCUT2D eigenvalue weighted by Crippen LogP contribution is -2.07. The van der Waals surface area contributed by atoms with Gasteiger partial charge in [0.1, 0.15) is 5.56 Å². The van der Waals surface area contributed by atoms with Crippen LogP contribution >= 0.6 is 0 Å². The van der Waals surface area contributed by atoms with E-state index in [9.17, 15) is 13.6 Å². The van der Waals surface area contributed by atoms with E-state index >= 15 is 0 Å². The lowest BCUT2D eigenvalue weighted by atomic mass is 10.2. The number of rotatable bonds is 3. The molecular formula is C7H5F2NO3. The predicted molar refractivity (Wildman–Crippen MR) is 37.8 cm³/mol. The highest BCUT2D eigenvalue weighted by molar-refractivity contribution is 5.90. The number of aromatic nitrogens is 1. The second-order valence-corrected chi connectivity index (χ2v) is 2.06. The number of carboxylic acids is 1. The molecule has 0 saturated heterocycles. The van der Waals surface area contributed by atoms with Crippen molar-refractivity contribution < 1.29 is 23.4 Å². The Bertz CT molecular complexity index is 316. The summed E-state index contributed by atoms with van der Waals surface area (Å²) in [6, 6.07) is 1.08. The molecule has 0 atom stereocenters. The maximum Gasteiger partial charge on any atom is 0.387 e. The number of hydrogen-bond acceptors (Lipinski definition) is 3. The van der Waals surface area contributed by atoms with Crippen molar-refractivity contribution in [2.75, 3.05) is 0 Å². The van der Waals surface area contributed by atoms with Gasteiger partial charge in [0.05, 0.1) is 6.20 Å². The van der Waals surface area contributed by atoms with E-state index in [1.807, 2.05) is 0 Å². The number of aromatic carboxylic acids is 1. The summed E-state index contributed by atoms with van der Waals surface area (Å²) in [4.78, 5) is 13.9. The fraction of sp³-hybridized carbons (Fsp3) is 0.143. The fourth-order valence-electron chi connectivity index (χ4n) is 0.747. The number of pyridine rings is 1. The number of hydrogen-bond donors (Lipinski definition) is 1. The Morgan fingerprint density at radius 3 is 2.85 bits per heavy atom. The molecule has 6 heteroatoms. The third kappa shape index (κ3) is 2.36. The van der Waals surface area contributed by atoms with Gasteiger partial charge >= 0.3 is 12.6 Å². The average molecular weight is 189 g/mol. The van der Waals surface area contributed by atoms with Crippen LogP contribution in [-0.4, -0.2) is 22.7 Å². The average Bonchev–Trinajstić information content (AvgIpc) is 2.03. The lowest BCUT2D eigenvalue weighted by Gasteiger charge is -2.05. The summed E-state index contributed by atoms with van der Waals surface area (Å²) < 4.78 is 27.4. The minimum atomic E-state index is -3.05. The normalized spacial score (nSPS) is 10.1. The molecule has 0 bridgehead atoms. The van der Waals surface area contributed by atoms with Gasteiger partial charge in [0.15, 0.2) is 5.75 Å². The summed E-state index contributed by atoms with van der Waals surface area (Å²) in [7, 11) is 0. The molecule has 70 valence electrons. The minimum absolute atomic E-state index is 0.338. The fourth-order valence-corrected chi connectivity index (χ4v) is 0.747. The Morgan fingerprint density at radius 2 is 2.31 bits per heavy atom. The molecule has 0 unspecified atom stereocenters. The molecule has 0 saturated carbocycles. The Morgan fingerprint density at radius 1 is 1.62 bits per heavy atom. The van der Waals surface area contributed by atoms with E-state index in [0.717, 1.165) is 12.3 Å². The van der Waals surface area contributed by atoms with Crippen LogP contribution in [0.25, 0.3) is 0 Å². The number of halogens is 2. The van der Waals surface area contributed by atoms with Crippen LogP contribution in [0.4, 0.5) is 8.78 Å². The van der Waals surface area contributed by atoms with E-state index in [0.29, 0.717) is 0 Å². The topological polar surface area (TPSA) is 59.4 Å². The molecule has 1 N–H and O–H groups in total. The molecule has 0 aliphatic rings. The van der Waals surface area contributed by atoms with Gasteiger partial charge in [0.25, 0.3) is 0 Å². The first-order chi connectivity index (χ1) is 6.11. The zero-order chi connectivity index (χ0) is 9.84. The molecule has 0 spiro atoms. The summed E-state index contributed by atoms with van der Waals surface area (Å²) in [6.07, 6.45) is 2.11. The number of carboxylic acid groups (broad SMARTS) is 1. The quantitative estimate of drug-likeness (QED) is 0.780. The largest absolute Gasteiger partial charge is 0.478 e. The van der Waals surface area contributed by atoms with Crippen molar-refractivity contribution in [1.29, 1.82) is 0 Å². The minimum Gasteiger partial charge on any atom is -0.478 e. The lowest BCUT2D eigenvalue weighted by molar-refractivity contribution is -0.0505. The van der Waals surface area contributed by atoms with Gasteiger partial charge in [-0.3, -0.25) is 4.98 Å². The zero-order valence-corrected chi connectivity index (χ0v) is 6.28. The number of alkyl halides is 2. The van der Waals surface area contributed by atoms with Gasteiger partial charge in [-0.05, 0) is 6.07 Å². The van der Waals surface area contributed by atoms with Gasteiger partial charge in [-0.15, -0.1) is 0 Å². The highest BCUT2D eigenvalue weighted by Crippen LogP contribution is 2.18. The number of carbonyl (C=O) groups is 1. The van der Waals surface area contributed by atoms with E-state index in [1.54, 1.807) is 0 Å². The van der Waals surface area contributed by atoms with E-state index in [-0.39, 0.29) is 5.56 Å².